The van der Waals surface area contributed by atoms with Gasteiger partial charge in [0.05, 0.1) is 0 Å². The molecule has 2 nitrogen and oxygen atoms in total. The highest BCUT2D eigenvalue weighted by molar-refractivity contribution is 7.99. The summed E-state index contributed by atoms with van der Waals surface area (Å²) >= 11 is 1.78. The van der Waals surface area contributed by atoms with Gasteiger partial charge in [0.1, 0.15) is 5.50 Å². The lowest BCUT2D eigenvalue weighted by Gasteiger charge is -2.19. The van der Waals surface area contributed by atoms with Gasteiger partial charge < -0.3 is 10.6 Å². The second kappa shape index (κ2) is 5.05. The maximum atomic E-state index is 3.50. The van der Waals surface area contributed by atoms with Gasteiger partial charge in [-0.1, -0.05) is 25.1 Å². The molecule has 3 heteroatoms. The lowest BCUT2D eigenvalue weighted by molar-refractivity contribution is 0.707. The molecule has 0 radical (unpaired) electrons. The Morgan fingerprint density at radius 2 is 2.06 bits per heavy atom. The Morgan fingerprint density at radius 3 is 2.71 bits per heavy atom. The van der Waals surface area contributed by atoms with E-state index in [9.17, 15) is 0 Å². The van der Waals surface area contributed by atoms with Crippen LogP contribution in [0, 0.1) is 13.8 Å². The minimum atomic E-state index is 0.317. The molecule has 2 N–H and O–H groups in total. The van der Waals surface area contributed by atoms with Crippen LogP contribution in [0.4, 0.5) is 0 Å². The van der Waals surface area contributed by atoms with Crippen molar-refractivity contribution in [3.8, 4) is 0 Å². The minimum absolute atomic E-state index is 0.317. The van der Waals surface area contributed by atoms with Gasteiger partial charge in [-0.15, -0.1) is 11.8 Å². The molecule has 0 bridgehead atoms. The molecule has 17 heavy (non-hydrogen) atoms. The van der Waals surface area contributed by atoms with E-state index in [0.717, 1.165) is 0 Å². The van der Waals surface area contributed by atoms with E-state index in [-0.39, 0.29) is 0 Å². The van der Waals surface area contributed by atoms with Crippen LogP contribution < -0.4 is 10.6 Å². The van der Waals surface area contributed by atoms with Crippen molar-refractivity contribution in [1.29, 1.82) is 0 Å². The van der Waals surface area contributed by atoms with Gasteiger partial charge in [0.15, 0.2) is 0 Å². The van der Waals surface area contributed by atoms with Crippen LogP contribution >= 0.6 is 11.8 Å². The van der Waals surface area contributed by atoms with Gasteiger partial charge in [-0.05, 0) is 36.8 Å². The molecule has 1 aliphatic heterocycles. The zero-order valence-corrected chi connectivity index (χ0v) is 11.7. The molecule has 2 rings (SSSR count). The van der Waals surface area contributed by atoms with Crippen molar-refractivity contribution >= 4 is 11.8 Å². The molecular formula is C14H20N2S. The summed E-state index contributed by atoms with van der Waals surface area (Å²) in [4.78, 5) is 0. The van der Waals surface area contributed by atoms with E-state index in [2.05, 4.69) is 62.1 Å². The van der Waals surface area contributed by atoms with Crippen LogP contribution in [0.25, 0.3) is 0 Å². The molecule has 2 atom stereocenters. The summed E-state index contributed by atoms with van der Waals surface area (Å²) in [5.74, 6) is 0.416. The Bertz CT molecular complexity index is 440. The summed E-state index contributed by atoms with van der Waals surface area (Å²) in [6, 6.07) is 6.54. The van der Waals surface area contributed by atoms with Crippen molar-refractivity contribution in [3.63, 3.8) is 0 Å². The van der Waals surface area contributed by atoms with Crippen molar-refractivity contribution in [2.24, 2.45) is 0 Å². The third-order valence-electron chi connectivity index (χ3n) is 3.50. The summed E-state index contributed by atoms with van der Waals surface area (Å²) in [6.07, 6.45) is 4.21. The van der Waals surface area contributed by atoms with Gasteiger partial charge in [-0.25, -0.2) is 0 Å². The second-order valence-electron chi connectivity index (χ2n) is 4.54. The average molecular weight is 248 g/mol. The van der Waals surface area contributed by atoms with E-state index in [1.165, 1.54) is 22.4 Å². The highest BCUT2D eigenvalue weighted by Crippen LogP contribution is 2.28. The molecule has 1 aromatic rings. The molecular weight excluding hydrogens is 228 g/mol. The molecule has 1 aromatic carbocycles. The highest BCUT2D eigenvalue weighted by atomic mass is 32.2. The molecule has 0 amide bonds. The predicted octanol–water partition coefficient (Wildman–Crippen LogP) is 3.09. The lowest BCUT2D eigenvalue weighted by Crippen LogP contribution is -2.29. The van der Waals surface area contributed by atoms with Crippen LogP contribution in [-0.4, -0.2) is 11.8 Å². The van der Waals surface area contributed by atoms with Crippen LogP contribution in [-0.2, 0) is 0 Å². The van der Waals surface area contributed by atoms with Gasteiger partial charge in [0.2, 0.25) is 0 Å². The number of hydrogen-bond acceptors (Lipinski definition) is 3. The van der Waals surface area contributed by atoms with Crippen molar-refractivity contribution in [3.05, 3.63) is 46.8 Å². The van der Waals surface area contributed by atoms with Gasteiger partial charge in [0.25, 0.3) is 0 Å². The van der Waals surface area contributed by atoms with E-state index in [0.29, 0.717) is 11.4 Å². The predicted molar refractivity (Wildman–Crippen MR) is 76.0 cm³/mol. The Labute approximate surface area is 108 Å². The highest BCUT2D eigenvalue weighted by Gasteiger charge is 2.20. The van der Waals surface area contributed by atoms with E-state index in [1.807, 2.05) is 0 Å². The van der Waals surface area contributed by atoms with Gasteiger partial charge in [-0.3, -0.25) is 0 Å². The van der Waals surface area contributed by atoms with Crippen molar-refractivity contribution < 1.29 is 0 Å². The normalized spacial score (nSPS) is 20.5. The van der Waals surface area contributed by atoms with Crippen LogP contribution in [0.2, 0.25) is 0 Å². The average Bonchev–Trinajstić information content (AvgIpc) is 2.80. The second-order valence-corrected chi connectivity index (χ2v) is 5.48. The molecule has 1 aliphatic rings. The SMILES string of the molecule is CSC1NC=C(C(C)c2cccc(C)c2C)N1. The largest absolute Gasteiger partial charge is 0.361 e. The quantitative estimate of drug-likeness (QED) is 0.859. The smallest absolute Gasteiger partial charge is 0.145 e. The summed E-state index contributed by atoms with van der Waals surface area (Å²) in [5.41, 5.74) is 5.76. The molecule has 0 fully saturated rings. The maximum absolute atomic E-state index is 3.50. The van der Waals surface area contributed by atoms with Crippen LogP contribution in [0.1, 0.15) is 29.5 Å². The molecule has 0 aliphatic carbocycles. The standard InChI is InChI=1S/C14H20N2S/c1-9-6-5-7-12(10(9)2)11(3)13-8-15-14(16-13)17-4/h5-8,11,14-16H,1-4H3. The number of allylic oxidation sites excluding steroid dienone is 1. The molecule has 0 saturated heterocycles. The van der Waals surface area contributed by atoms with E-state index < -0.39 is 0 Å². The first-order valence-corrected chi connectivity index (χ1v) is 7.24. The first kappa shape index (κ1) is 12.4. The topological polar surface area (TPSA) is 24.1 Å². The Balaban J connectivity index is 2.21. The fraction of sp³-hybridized carbons (Fsp3) is 0.429. The molecule has 0 spiro atoms. The van der Waals surface area contributed by atoms with Crippen LogP contribution in [0.15, 0.2) is 30.1 Å². The third kappa shape index (κ3) is 2.44. The Kier molecular flexibility index (Phi) is 3.67. The number of aryl methyl sites for hydroxylation is 1. The zero-order chi connectivity index (χ0) is 12.4. The fourth-order valence-corrected chi connectivity index (χ4v) is 2.65. The molecule has 0 saturated carbocycles. The zero-order valence-electron chi connectivity index (χ0n) is 10.9. The van der Waals surface area contributed by atoms with Crippen LogP contribution in [0.3, 0.4) is 0 Å². The van der Waals surface area contributed by atoms with Crippen molar-refractivity contribution in [2.75, 3.05) is 6.26 Å². The molecule has 92 valence electrons. The van der Waals surface area contributed by atoms with E-state index in [4.69, 9.17) is 0 Å². The van der Waals surface area contributed by atoms with Gasteiger partial charge in [0, 0.05) is 17.8 Å². The summed E-state index contributed by atoms with van der Waals surface area (Å²) in [7, 11) is 0. The monoisotopic (exact) mass is 248 g/mol. The fourth-order valence-electron chi connectivity index (χ4n) is 2.19. The molecule has 0 aromatic heterocycles. The maximum Gasteiger partial charge on any atom is 0.145 e. The summed E-state index contributed by atoms with van der Waals surface area (Å²) < 4.78 is 0. The first-order valence-electron chi connectivity index (χ1n) is 5.95. The van der Waals surface area contributed by atoms with Crippen molar-refractivity contribution in [1.82, 2.24) is 10.6 Å². The van der Waals surface area contributed by atoms with E-state index in [1.54, 1.807) is 11.8 Å². The number of rotatable bonds is 3. The number of benzene rings is 1. The van der Waals surface area contributed by atoms with Gasteiger partial charge in [-0.2, -0.15) is 0 Å². The number of hydrogen-bond donors (Lipinski definition) is 2. The lowest BCUT2D eigenvalue weighted by atomic mass is 9.92. The van der Waals surface area contributed by atoms with E-state index >= 15 is 0 Å². The third-order valence-corrected chi connectivity index (χ3v) is 4.23. The summed E-state index contributed by atoms with van der Waals surface area (Å²) in [5, 5.41) is 6.83. The Morgan fingerprint density at radius 1 is 1.29 bits per heavy atom. The Hall–Kier alpha value is -1.09. The van der Waals surface area contributed by atoms with Gasteiger partial charge >= 0.3 is 0 Å². The minimum Gasteiger partial charge on any atom is -0.361 e. The molecule has 1 heterocycles. The molecule has 2 unspecified atom stereocenters. The number of thioether (sulfide) groups is 1. The number of nitrogens with one attached hydrogen (secondary N) is 2. The first-order chi connectivity index (χ1) is 8.13. The van der Waals surface area contributed by atoms with Crippen molar-refractivity contribution in [2.45, 2.75) is 32.2 Å². The summed E-state index contributed by atoms with van der Waals surface area (Å²) in [6.45, 7) is 6.63. The van der Waals surface area contributed by atoms with Crippen LogP contribution in [0.5, 0.6) is 0 Å².